The molecule has 1 nitrogen and oxygen atoms in total. The highest BCUT2D eigenvalue weighted by atomic mass is 16.1. The van der Waals surface area contributed by atoms with Gasteiger partial charge in [-0.1, -0.05) is 37.3 Å². The summed E-state index contributed by atoms with van der Waals surface area (Å²) in [5.41, 5.74) is 2.92. The van der Waals surface area contributed by atoms with E-state index in [9.17, 15) is 4.79 Å². The molecule has 3 aliphatic carbocycles. The predicted molar refractivity (Wildman–Crippen MR) is 85.1 cm³/mol. The first-order chi connectivity index (χ1) is 10.1. The SMILES string of the molecule is C=C[C@@H]1CC[C@H]2[C@@H]3CCc4ccccc4[C@@H]3C(=O)C[C@]12C. The van der Waals surface area contributed by atoms with Crippen LogP contribution in [0.25, 0.3) is 0 Å². The summed E-state index contributed by atoms with van der Waals surface area (Å²) < 4.78 is 0. The van der Waals surface area contributed by atoms with Gasteiger partial charge < -0.3 is 0 Å². The molecule has 0 aliphatic heterocycles. The van der Waals surface area contributed by atoms with Crippen LogP contribution in [0.15, 0.2) is 36.9 Å². The highest BCUT2D eigenvalue weighted by Gasteiger charge is 2.56. The average Bonchev–Trinajstić information content (AvgIpc) is 2.82. The van der Waals surface area contributed by atoms with Crippen molar-refractivity contribution < 1.29 is 4.79 Å². The van der Waals surface area contributed by atoms with Gasteiger partial charge in [0, 0.05) is 12.3 Å². The largest absolute Gasteiger partial charge is 0.299 e. The van der Waals surface area contributed by atoms with Gasteiger partial charge in [-0.05, 0) is 60.0 Å². The second kappa shape index (κ2) is 4.56. The quantitative estimate of drug-likeness (QED) is 0.691. The first-order valence-electron chi connectivity index (χ1n) is 8.38. The van der Waals surface area contributed by atoms with E-state index < -0.39 is 0 Å². The topological polar surface area (TPSA) is 17.1 Å². The van der Waals surface area contributed by atoms with Crippen molar-refractivity contribution in [1.82, 2.24) is 0 Å². The van der Waals surface area contributed by atoms with Gasteiger partial charge in [0.25, 0.3) is 0 Å². The fraction of sp³-hybridized carbons (Fsp3) is 0.550. The van der Waals surface area contributed by atoms with E-state index in [0.29, 0.717) is 23.5 Å². The van der Waals surface area contributed by atoms with E-state index in [1.54, 1.807) is 0 Å². The number of benzene rings is 1. The molecule has 0 bridgehead atoms. The number of ketones is 1. The summed E-state index contributed by atoms with van der Waals surface area (Å²) in [5, 5.41) is 0. The molecule has 3 aliphatic rings. The van der Waals surface area contributed by atoms with Crippen LogP contribution in [0.2, 0.25) is 0 Å². The van der Waals surface area contributed by atoms with Crippen molar-refractivity contribution in [2.24, 2.45) is 23.2 Å². The lowest BCUT2D eigenvalue weighted by molar-refractivity contribution is -0.131. The summed E-state index contributed by atoms with van der Waals surface area (Å²) in [6.07, 6.45) is 7.72. The monoisotopic (exact) mass is 280 g/mol. The van der Waals surface area contributed by atoms with Gasteiger partial charge in [-0.3, -0.25) is 4.79 Å². The van der Waals surface area contributed by atoms with Crippen LogP contribution in [0.4, 0.5) is 0 Å². The fourth-order valence-electron chi connectivity index (χ4n) is 5.76. The molecule has 5 atom stereocenters. The van der Waals surface area contributed by atoms with Crippen molar-refractivity contribution in [1.29, 1.82) is 0 Å². The molecule has 1 aromatic rings. The Morgan fingerprint density at radius 3 is 2.86 bits per heavy atom. The van der Waals surface area contributed by atoms with Gasteiger partial charge in [-0.15, -0.1) is 6.58 Å². The van der Waals surface area contributed by atoms with E-state index in [1.807, 2.05) is 0 Å². The van der Waals surface area contributed by atoms with Crippen LogP contribution in [-0.4, -0.2) is 5.78 Å². The molecule has 4 rings (SSSR count). The summed E-state index contributed by atoms with van der Waals surface area (Å²) >= 11 is 0. The molecule has 1 aromatic carbocycles. The second-order valence-corrected chi connectivity index (χ2v) is 7.55. The molecule has 0 heterocycles. The minimum atomic E-state index is 0.173. The minimum absolute atomic E-state index is 0.173. The third-order valence-electron chi connectivity index (χ3n) is 6.75. The van der Waals surface area contributed by atoms with Crippen LogP contribution in [0.3, 0.4) is 0 Å². The van der Waals surface area contributed by atoms with E-state index in [4.69, 9.17) is 0 Å². The Balaban J connectivity index is 1.78. The van der Waals surface area contributed by atoms with Gasteiger partial charge in [0.2, 0.25) is 0 Å². The molecule has 0 saturated heterocycles. The standard InChI is InChI=1S/C20H24O/c1-3-14-9-11-17-16-10-8-13-6-4-5-7-15(13)19(16)18(21)12-20(14,17)2/h3-7,14,16-17,19H,1,8-12H2,2H3/t14-,16+,17+,19+,20-/m1/s1. The summed E-state index contributed by atoms with van der Waals surface area (Å²) in [5.74, 6) is 2.47. The highest BCUT2D eigenvalue weighted by molar-refractivity contribution is 5.88. The first kappa shape index (κ1) is 13.3. The molecule has 0 spiro atoms. The molecule has 21 heavy (non-hydrogen) atoms. The third-order valence-corrected chi connectivity index (χ3v) is 6.75. The van der Waals surface area contributed by atoms with Crippen LogP contribution in [0, 0.1) is 23.2 Å². The van der Waals surface area contributed by atoms with Gasteiger partial charge >= 0.3 is 0 Å². The predicted octanol–water partition coefficient (Wildman–Crippen LogP) is 4.52. The maximum Gasteiger partial charge on any atom is 0.141 e. The van der Waals surface area contributed by atoms with Crippen molar-refractivity contribution in [3.05, 3.63) is 48.0 Å². The Morgan fingerprint density at radius 2 is 2.05 bits per heavy atom. The van der Waals surface area contributed by atoms with Crippen molar-refractivity contribution in [3.63, 3.8) is 0 Å². The summed E-state index contributed by atoms with van der Waals surface area (Å²) in [4.78, 5) is 13.0. The zero-order valence-electron chi connectivity index (χ0n) is 12.8. The average molecular weight is 280 g/mol. The van der Waals surface area contributed by atoms with E-state index in [-0.39, 0.29) is 11.3 Å². The maximum absolute atomic E-state index is 13.0. The molecule has 0 radical (unpaired) electrons. The number of hydrogen-bond acceptors (Lipinski definition) is 1. The number of allylic oxidation sites excluding steroid dienone is 1. The first-order valence-corrected chi connectivity index (χ1v) is 8.38. The lowest BCUT2D eigenvalue weighted by atomic mass is 9.54. The minimum Gasteiger partial charge on any atom is -0.299 e. The van der Waals surface area contributed by atoms with E-state index in [2.05, 4.69) is 43.8 Å². The maximum atomic E-state index is 13.0. The summed E-state index contributed by atoms with van der Waals surface area (Å²) in [7, 11) is 0. The number of fused-ring (bicyclic) bond motifs is 5. The summed E-state index contributed by atoms with van der Waals surface area (Å²) in [6, 6.07) is 8.63. The number of carbonyl (C=O) groups is 1. The lowest BCUT2D eigenvalue weighted by Gasteiger charge is -2.49. The van der Waals surface area contributed by atoms with Crippen LogP contribution in [0.5, 0.6) is 0 Å². The van der Waals surface area contributed by atoms with Gasteiger partial charge in [0.1, 0.15) is 5.78 Å². The molecule has 2 fully saturated rings. The Kier molecular flexibility index (Phi) is 2.89. The summed E-state index contributed by atoms with van der Waals surface area (Å²) in [6.45, 7) is 6.39. The van der Waals surface area contributed by atoms with Crippen LogP contribution in [-0.2, 0) is 11.2 Å². The number of carbonyl (C=O) groups excluding carboxylic acids is 1. The van der Waals surface area contributed by atoms with Crippen molar-refractivity contribution in [2.75, 3.05) is 0 Å². The molecular formula is C20H24O. The third kappa shape index (κ3) is 1.73. The molecule has 0 amide bonds. The Labute approximate surface area is 127 Å². The smallest absolute Gasteiger partial charge is 0.141 e. The Hall–Kier alpha value is -1.37. The number of rotatable bonds is 1. The second-order valence-electron chi connectivity index (χ2n) is 7.55. The molecule has 110 valence electrons. The van der Waals surface area contributed by atoms with Crippen molar-refractivity contribution in [2.45, 2.75) is 44.9 Å². The van der Waals surface area contributed by atoms with E-state index >= 15 is 0 Å². The van der Waals surface area contributed by atoms with Crippen LogP contribution in [0.1, 0.15) is 49.7 Å². The lowest BCUT2D eigenvalue weighted by Crippen LogP contribution is -2.46. The van der Waals surface area contributed by atoms with Gasteiger partial charge in [-0.25, -0.2) is 0 Å². The molecule has 0 N–H and O–H groups in total. The van der Waals surface area contributed by atoms with Gasteiger partial charge in [0.15, 0.2) is 0 Å². The van der Waals surface area contributed by atoms with E-state index in [1.165, 1.54) is 30.4 Å². The number of hydrogen-bond donors (Lipinski definition) is 0. The van der Waals surface area contributed by atoms with E-state index in [0.717, 1.165) is 12.8 Å². The number of Topliss-reactive ketones (excluding diaryl/α,β-unsaturated/α-hetero) is 1. The molecule has 0 unspecified atom stereocenters. The normalized spacial score (nSPS) is 41.1. The molecule has 2 saturated carbocycles. The molecule has 1 heteroatoms. The molecule has 0 aromatic heterocycles. The number of aryl methyl sites for hydroxylation is 1. The molecular weight excluding hydrogens is 256 g/mol. The van der Waals surface area contributed by atoms with Crippen LogP contribution >= 0.6 is 0 Å². The van der Waals surface area contributed by atoms with Gasteiger partial charge in [0.05, 0.1) is 0 Å². The van der Waals surface area contributed by atoms with Crippen LogP contribution < -0.4 is 0 Å². The van der Waals surface area contributed by atoms with Gasteiger partial charge in [-0.2, -0.15) is 0 Å². The Morgan fingerprint density at radius 1 is 1.24 bits per heavy atom. The van der Waals surface area contributed by atoms with Crippen molar-refractivity contribution >= 4 is 5.78 Å². The zero-order valence-corrected chi connectivity index (χ0v) is 12.8. The zero-order chi connectivity index (χ0) is 14.6. The van der Waals surface area contributed by atoms with Crippen molar-refractivity contribution in [3.8, 4) is 0 Å². The Bertz CT molecular complexity index is 602. The fourth-order valence-corrected chi connectivity index (χ4v) is 5.76. The highest BCUT2D eigenvalue weighted by Crippen LogP contribution is 2.61.